The minimum atomic E-state index is -0.736. The minimum absolute atomic E-state index is 0.362. The number of aliphatic imine (C=N–C) groups is 1. The lowest BCUT2D eigenvalue weighted by molar-refractivity contribution is -0.156. The number of aromatic nitrogens is 2. The van der Waals surface area contributed by atoms with Crippen molar-refractivity contribution in [3.8, 4) is 11.4 Å². The van der Waals surface area contributed by atoms with E-state index in [0.717, 1.165) is 39.4 Å². The summed E-state index contributed by atoms with van der Waals surface area (Å²) in [6.07, 6.45) is 3.90. The lowest BCUT2D eigenvalue weighted by Gasteiger charge is -2.23. The van der Waals surface area contributed by atoms with Crippen LogP contribution in [0.15, 0.2) is 102 Å². The summed E-state index contributed by atoms with van der Waals surface area (Å²) in [6, 6.07) is 27.0. The van der Waals surface area contributed by atoms with Gasteiger partial charge in [-0.05, 0) is 63.1 Å². The Morgan fingerprint density at radius 1 is 0.833 bits per heavy atom. The highest BCUT2D eigenvalue weighted by molar-refractivity contribution is 6.13. The summed E-state index contributed by atoms with van der Waals surface area (Å²) in [4.78, 5) is 27.4. The number of hydrogen-bond acceptors (Lipinski definition) is 5. The Bertz CT molecular complexity index is 1300. The Kier molecular flexibility index (Phi) is 7.69. The van der Waals surface area contributed by atoms with E-state index in [1.54, 1.807) is 12.4 Å². The quantitative estimate of drug-likeness (QED) is 0.233. The number of aryl methyl sites for hydroxylation is 1. The number of hydrogen-bond donors (Lipinski definition) is 0. The van der Waals surface area contributed by atoms with Gasteiger partial charge in [0.2, 0.25) is 0 Å². The van der Waals surface area contributed by atoms with Crippen molar-refractivity contribution in [2.24, 2.45) is 4.99 Å². The number of carbonyl (C=O) groups is 1. The van der Waals surface area contributed by atoms with Crippen LogP contribution in [0.4, 0.5) is 0 Å². The van der Waals surface area contributed by atoms with E-state index in [4.69, 9.17) is 9.73 Å². The van der Waals surface area contributed by atoms with Gasteiger partial charge in [0.05, 0.1) is 17.1 Å². The van der Waals surface area contributed by atoms with Crippen LogP contribution < -0.4 is 0 Å². The highest BCUT2D eigenvalue weighted by atomic mass is 16.6. The van der Waals surface area contributed by atoms with Crippen LogP contribution in [0.1, 0.15) is 43.0 Å². The van der Waals surface area contributed by atoms with E-state index >= 15 is 0 Å². The van der Waals surface area contributed by atoms with Crippen molar-refractivity contribution in [3.05, 3.63) is 120 Å². The van der Waals surface area contributed by atoms with E-state index in [1.165, 1.54) is 0 Å². The van der Waals surface area contributed by atoms with Gasteiger partial charge in [-0.25, -0.2) is 4.79 Å². The van der Waals surface area contributed by atoms with E-state index in [0.29, 0.717) is 6.42 Å². The molecule has 0 N–H and O–H groups in total. The first-order chi connectivity index (χ1) is 17.3. The first-order valence-electron chi connectivity index (χ1n) is 12.1. The van der Waals surface area contributed by atoms with E-state index in [-0.39, 0.29) is 5.97 Å². The average molecular weight is 478 g/mol. The topological polar surface area (TPSA) is 64.4 Å². The number of esters is 1. The lowest BCUT2D eigenvalue weighted by Crippen LogP contribution is -2.33. The summed E-state index contributed by atoms with van der Waals surface area (Å²) in [5.41, 5.74) is 5.61. The monoisotopic (exact) mass is 477 g/mol. The summed E-state index contributed by atoms with van der Waals surface area (Å²) in [7, 11) is 0. The standard InChI is InChI=1S/C31H31N3O2/c1-22-15-17-32-26(19-22)27-20-23(16-18-33-27)21-28(30(35)36-31(2,3)4)34-29(24-11-7-5-8-12-24)25-13-9-6-10-14-25/h5-20,28H,21H2,1-4H3/t28-/m0/s1. The molecule has 1 atom stereocenters. The predicted molar refractivity (Wildman–Crippen MR) is 144 cm³/mol. The summed E-state index contributed by atoms with van der Waals surface area (Å²) in [6.45, 7) is 7.63. The first-order valence-corrected chi connectivity index (χ1v) is 12.1. The largest absolute Gasteiger partial charge is 0.458 e. The molecule has 5 nitrogen and oxygen atoms in total. The van der Waals surface area contributed by atoms with Gasteiger partial charge in [-0.3, -0.25) is 15.0 Å². The lowest BCUT2D eigenvalue weighted by atomic mass is 10.0. The molecule has 0 saturated heterocycles. The van der Waals surface area contributed by atoms with E-state index in [2.05, 4.69) is 9.97 Å². The molecular formula is C31H31N3O2. The number of nitrogens with zero attached hydrogens (tertiary/aromatic N) is 3. The third kappa shape index (κ3) is 6.72. The summed E-state index contributed by atoms with van der Waals surface area (Å²) >= 11 is 0. The SMILES string of the molecule is Cc1ccnc(-c2cc(C[C@H](N=C(c3ccccc3)c3ccccc3)C(=O)OC(C)(C)C)ccn2)c1. The molecule has 4 aromatic rings. The zero-order valence-electron chi connectivity index (χ0n) is 21.2. The Hall–Kier alpha value is -4.12. The van der Waals surface area contributed by atoms with Gasteiger partial charge in [-0.1, -0.05) is 60.7 Å². The summed E-state index contributed by atoms with van der Waals surface area (Å²) in [5, 5.41) is 0. The Morgan fingerprint density at radius 2 is 1.39 bits per heavy atom. The average Bonchev–Trinajstić information content (AvgIpc) is 2.87. The van der Waals surface area contributed by atoms with E-state index in [1.807, 2.05) is 113 Å². The molecule has 0 aliphatic heterocycles. The maximum atomic E-state index is 13.4. The van der Waals surface area contributed by atoms with Gasteiger partial charge in [-0.2, -0.15) is 0 Å². The zero-order valence-corrected chi connectivity index (χ0v) is 21.2. The van der Waals surface area contributed by atoms with Gasteiger partial charge in [0.25, 0.3) is 0 Å². The molecule has 0 amide bonds. The molecule has 2 aromatic heterocycles. The molecule has 0 spiro atoms. The molecule has 182 valence electrons. The van der Waals surface area contributed by atoms with E-state index < -0.39 is 11.6 Å². The van der Waals surface area contributed by atoms with Crippen molar-refractivity contribution in [1.82, 2.24) is 9.97 Å². The van der Waals surface area contributed by atoms with Crippen molar-refractivity contribution >= 4 is 11.7 Å². The van der Waals surface area contributed by atoms with Crippen molar-refractivity contribution in [3.63, 3.8) is 0 Å². The van der Waals surface area contributed by atoms with Gasteiger partial charge in [0.15, 0.2) is 6.04 Å². The fourth-order valence-corrected chi connectivity index (χ4v) is 3.86. The van der Waals surface area contributed by atoms with Crippen LogP contribution in [0.25, 0.3) is 11.4 Å². The Labute approximate surface area is 212 Å². The van der Waals surface area contributed by atoms with Gasteiger partial charge in [0, 0.05) is 29.9 Å². The molecule has 0 aliphatic carbocycles. The van der Waals surface area contributed by atoms with Crippen molar-refractivity contribution in [2.45, 2.75) is 45.8 Å². The van der Waals surface area contributed by atoms with Gasteiger partial charge in [0.1, 0.15) is 5.60 Å². The van der Waals surface area contributed by atoms with Crippen LogP contribution in [-0.2, 0) is 16.0 Å². The van der Waals surface area contributed by atoms with Crippen molar-refractivity contribution in [1.29, 1.82) is 0 Å². The predicted octanol–water partition coefficient (Wildman–Crippen LogP) is 6.24. The molecule has 4 rings (SSSR count). The fraction of sp³-hybridized carbons (Fsp3) is 0.226. The number of benzene rings is 2. The number of pyridine rings is 2. The van der Waals surface area contributed by atoms with Crippen LogP contribution >= 0.6 is 0 Å². The highest BCUT2D eigenvalue weighted by Gasteiger charge is 2.26. The summed E-state index contributed by atoms with van der Waals surface area (Å²) in [5.74, 6) is -0.362. The van der Waals surface area contributed by atoms with Crippen LogP contribution in [-0.4, -0.2) is 33.3 Å². The van der Waals surface area contributed by atoms with Crippen LogP contribution in [0.3, 0.4) is 0 Å². The number of carbonyl (C=O) groups excluding carboxylic acids is 1. The minimum Gasteiger partial charge on any atom is -0.458 e. The second-order valence-corrected chi connectivity index (χ2v) is 9.73. The van der Waals surface area contributed by atoms with Gasteiger partial charge in [-0.15, -0.1) is 0 Å². The first kappa shape index (κ1) is 25.0. The third-order valence-corrected chi connectivity index (χ3v) is 5.49. The summed E-state index contributed by atoms with van der Waals surface area (Å²) < 4.78 is 5.80. The smallest absolute Gasteiger partial charge is 0.331 e. The Morgan fingerprint density at radius 3 is 1.94 bits per heavy atom. The van der Waals surface area contributed by atoms with Crippen LogP contribution in [0, 0.1) is 6.92 Å². The molecule has 0 bridgehead atoms. The molecule has 0 fully saturated rings. The molecule has 0 aliphatic rings. The molecule has 0 saturated carbocycles. The fourth-order valence-electron chi connectivity index (χ4n) is 3.86. The second-order valence-electron chi connectivity index (χ2n) is 9.73. The van der Waals surface area contributed by atoms with Gasteiger partial charge >= 0.3 is 5.97 Å². The molecule has 2 aromatic carbocycles. The van der Waals surface area contributed by atoms with Crippen LogP contribution in [0.5, 0.6) is 0 Å². The third-order valence-electron chi connectivity index (χ3n) is 5.49. The molecule has 0 radical (unpaired) electrons. The number of rotatable bonds is 7. The van der Waals surface area contributed by atoms with Crippen LogP contribution in [0.2, 0.25) is 0 Å². The Balaban J connectivity index is 1.76. The maximum Gasteiger partial charge on any atom is 0.331 e. The normalized spacial score (nSPS) is 12.0. The molecular weight excluding hydrogens is 446 g/mol. The van der Waals surface area contributed by atoms with Gasteiger partial charge < -0.3 is 4.74 Å². The van der Waals surface area contributed by atoms with E-state index in [9.17, 15) is 4.79 Å². The maximum absolute atomic E-state index is 13.4. The molecule has 36 heavy (non-hydrogen) atoms. The molecule has 2 heterocycles. The van der Waals surface area contributed by atoms with Crippen molar-refractivity contribution < 1.29 is 9.53 Å². The highest BCUT2D eigenvalue weighted by Crippen LogP contribution is 2.21. The second kappa shape index (κ2) is 11.1. The molecule has 5 heteroatoms. The molecule has 0 unspecified atom stereocenters. The number of ether oxygens (including phenoxy) is 1. The zero-order chi connectivity index (χ0) is 25.5. The van der Waals surface area contributed by atoms with Crippen molar-refractivity contribution in [2.75, 3.05) is 0 Å².